The number of hydrogen-bond acceptors (Lipinski definition) is 4. The number of carbonyl (C=O) groups is 2. The lowest BCUT2D eigenvalue weighted by molar-refractivity contribution is 0.0377. The van der Waals surface area contributed by atoms with Gasteiger partial charge in [-0.25, -0.2) is 9.59 Å². The largest absolute Gasteiger partial charge is 0.462 e. The zero-order chi connectivity index (χ0) is 27.1. The van der Waals surface area contributed by atoms with Crippen molar-refractivity contribution in [1.82, 2.24) is 0 Å². The molecule has 0 heterocycles. The minimum absolute atomic E-state index is 0.156. The molecule has 0 fully saturated rings. The van der Waals surface area contributed by atoms with Crippen LogP contribution in [0.1, 0.15) is 131 Å². The number of esters is 2. The van der Waals surface area contributed by atoms with E-state index >= 15 is 0 Å². The molecule has 4 heteroatoms. The highest BCUT2D eigenvalue weighted by molar-refractivity contribution is 6.03. The van der Waals surface area contributed by atoms with Crippen LogP contribution in [-0.4, -0.2) is 25.2 Å². The molecule has 0 amide bonds. The van der Waals surface area contributed by atoms with E-state index in [1.54, 1.807) is 0 Å². The van der Waals surface area contributed by atoms with Gasteiger partial charge in [0.15, 0.2) is 0 Å². The molecule has 0 spiro atoms. The number of unbranched alkanes of at least 4 members (excludes halogenated alkanes) is 4. The average Bonchev–Trinajstić information content (AvgIpc) is 2.86. The monoisotopic (exact) mass is 450 g/mol. The molecule has 0 aliphatic rings. The van der Waals surface area contributed by atoms with E-state index in [1.165, 1.54) is 0 Å². The molecule has 1 aromatic rings. The molecule has 0 saturated carbocycles. The maximum atomic E-state index is 13.1. The molecule has 0 aliphatic heterocycles. The molecule has 0 aliphatic carbocycles. The number of benzene rings is 1. The normalized spacial score (nSPS) is 14.6. The maximum absolute atomic E-state index is 13.1. The van der Waals surface area contributed by atoms with Gasteiger partial charge in [-0.1, -0.05) is 91.1 Å². The molecule has 32 heavy (non-hydrogen) atoms. The summed E-state index contributed by atoms with van der Waals surface area (Å²) in [5, 5.41) is 0. The predicted octanol–water partition coefficient (Wildman–Crippen LogP) is 7.99. The van der Waals surface area contributed by atoms with Gasteiger partial charge in [-0.2, -0.15) is 0 Å². The summed E-state index contributed by atoms with van der Waals surface area (Å²) in [6.07, 6.45) is 12.0. The van der Waals surface area contributed by atoms with E-state index in [-0.39, 0.29) is 25.0 Å². The van der Waals surface area contributed by atoms with E-state index in [0.717, 1.165) is 77.0 Å². The van der Waals surface area contributed by atoms with Gasteiger partial charge >= 0.3 is 11.9 Å². The second kappa shape index (κ2) is 17.7. The molecule has 0 saturated heterocycles. The summed E-state index contributed by atoms with van der Waals surface area (Å²) in [5.41, 5.74) is -0.874. The second-order valence-corrected chi connectivity index (χ2v) is 8.75. The summed E-state index contributed by atoms with van der Waals surface area (Å²) < 4.78 is 43.7. The van der Waals surface area contributed by atoms with Crippen LogP contribution in [0.2, 0.25) is 0 Å². The average molecular weight is 451 g/mol. The fraction of sp³-hybridized carbons (Fsp3) is 0.714. The van der Waals surface area contributed by atoms with Crippen molar-refractivity contribution in [2.24, 2.45) is 11.8 Å². The Hall–Kier alpha value is -1.84. The van der Waals surface area contributed by atoms with Crippen LogP contribution in [0, 0.1) is 11.8 Å². The second-order valence-electron chi connectivity index (χ2n) is 8.75. The van der Waals surface area contributed by atoms with Gasteiger partial charge in [0.1, 0.15) is 0 Å². The molecule has 1 aromatic carbocycles. The van der Waals surface area contributed by atoms with Crippen LogP contribution in [0.4, 0.5) is 0 Å². The molecular formula is C28H46O4. The van der Waals surface area contributed by atoms with Gasteiger partial charge in [-0.3, -0.25) is 0 Å². The Bertz CT molecular complexity index is 762. The third kappa shape index (κ3) is 11.2. The molecule has 0 aromatic heterocycles. The molecule has 0 radical (unpaired) electrons. The standard InChI is InChI=1S/C28H46O4/c1-5-9-11-17-23(15-7-3)21-31-27(29)25-19-13-14-20-26(25)28(30)32-22-24(16-8-4)18-12-10-6-2/h13-14,19-20,23-24H,5-12,15-18,21-22H2,1-4H3/i13D,14D,19D,20D. The fourth-order valence-corrected chi connectivity index (χ4v) is 3.95. The lowest BCUT2D eigenvalue weighted by Gasteiger charge is -2.18. The number of rotatable bonds is 18. The maximum Gasteiger partial charge on any atom is 0.339 e. The number of ether oxygens (including phenoxy) is 2. The van der Waals surface area contributed by atoms with E-state index < -0.39 is 47.2 Å². The van der Waals surface area contributed by atoms with E-state index in [2.05, 4.69) is 27.7 Å². The van der Waals surface area contributed by atoms with Crippen molar-refractivity contribution in [1.29, 1.82) is 0 Å². The Morgan fingerprint density at radius 2 is 1.09 bits per heavy atom. The van der Waals surface area contributed by atoms with Gasteiger partial charge in [0.05, 0.1) is 29.8 Å². The Balaban J connectivity index is 3.12. The summed E-state index contributed by atoms with van der Waals surface area (Å²) in [4.78, 5) is 26.2. The van der Waals surface area contributed by atoms with Crippen molar-refractivity contribution in [3.63, 3.8) is 0 Å². The van der Waals surface area contributed by atoms with Crippen LogP contribution in [0.5, 0.6) is 0 Å². The zero-order valence-corrected chi connectivity index (χ0v) is 20.7. The third-order valence-corrected chi connectivity index (χ3v) is 5.82. The van der Waals surface area contributed by atoms with Crippen molar-refractivity contribution in [3.05, 3.63) is 35.3 Å². The number of hydrogen-bond donors (Lipinski definition) is 0. The number of carbonyl (C=O) groups excluding carboxylic acids is 2. The third-order valence-electron chi connectivity index (χ3n) is 5.82. The Morgan fingerprint density at radius 3 is 1.44 bits per heavy atom. The van der Waals surface area contributed by atoms with Crippen molar-refractivity contribution < 1.29 is 24.5 Å². The van der Waals surface area contributed by atoms with Gasteiger partial charge in [0, 0.05) is 0 Å². The van der Waals surface area contributed by atoms with E-state index in [4.69, 9.17) is 15.0 Å². The minimum Gasteiger partial charge on any atom is -0.462 e. The zero-order valence-electron chi connectivity index (χ0n) is 24.7. The lowest BCUT2D eigenvalue weighted by Crippen LogP contribution is -2.19. The van der Waals surface area contributed by atoms with Gasteiger partial charge in [-0.05, 0) is 49.6 Å². The van der Waals surface area contributed by atoms with Crippen molar-refractivity contribution in [2.75, 3.05) is 13.2 Å². The molecular weight excluding hydrogens is 400 g/mol. The molecule has 1 rings (SSSR count). The van der Waals surface area contributed by atoms with Crippen LogP contribution < -0.4 is 0 Å². The highest BCUT2D eigenvalue weighted by Crippen LogP contribution is 2.20. The first kappa shape index (κ1) is 22.0. The van der Waals surface area contributed by atoms with Crippen LogP contribution in [0.15, 0.2) is 24.2 Å². The van der Waals surface area contributed by atoms with E-state index in [1.807, 2.05) is 0 Å². The molecule has 182 valence electrons. The van der Waals surface area contributed by atoms with Crippen LogP contribution in [0.25, 0.3) is 0 Å². The van der Waals surface area contributed by atoms with Crippen LogP contribution in [-0.2, 0) is 9.47 Å². The minimum atomic E-state index is -0.904. The van der Waals surface area contributed by atoms with Crippen LogP contribution in [0.3, 0.4) is 0 Å². The fourth-order valence-electron chi connectivity index (χ4n) is 3.95. The molecule has 2 unspecified atom stereocenters. The first-order valence-electron chi connectivity index (χ1n) is 14.7. The van der Waals surface area contributed by atoms with Gasteiger partial charge in [0.25, 0.3) is 0 Å². The van der Waals surface area contributed by atoms with Crippen molar-refractivity contribution >= 4 is 11.9 Å². The summed E-state index contributed by atoms with van der Waals surface area (Å²) in [5.74, 6) is -1.46. The molecule has 2 atom stereocenters. The van der Waals surface area contributed by atoms with Gasteiger partial charge < -0.3 is 9.47 Å². The molecule has 0 bridgehead atoms. The van der Waals surface area contributed by atoms with E-state index in [9.17, 15) is 9.59 Å². The highest BCUT2D eigenvalue weighted by Gasteiger charge is 2.21. The lowest BCUT2D eigenvalue weighted by atomic mass is 9.97. The summed E-state index contributed by atoms with van der Waals surface area (Å²) in [6, 6.07) is -2.28. The van der Waals surface area contributed by atoms with Crippen molar-refractivity contribution in [3.8, 4) is 0 Å². The van der Waals surface area contributed by atoms with Crippen LogP contribution >= 0.6 is 0 Å². The smallest absolute Gasteiger partial charge is 0.339 e. The summed E-state index contributed by atoms with van der Waals surface area (Å²) >= 11 is 0. The van der Waals surface area contributed by atoms with Gasteiger partial charge in [-0.15, -0.1) is 0 Å². The Kier molecular flexibility index (Phi) is 12.1. The molecule has 4 nitrogen and oxygen atoms in total. The Labute approximate surface area is 202 Å². The van der Waals surface area contributed by atoms with E-state index in [0.29, 0.717) is 0 Å². The highest BCUT2D eigenvalue weighted by atomic mass is 16.5. The SMILES string of the molecule is [2H]c1c([2H])c([2H])c(C(=O)OCC(CCC)CCCCC)c(C(=O)OCC(CCC)CCCCC)c1[2H]. The topological polar surface area (TPSA) is 52.6 Å². The Morgan fingerprint density at radius 1 is 0.688 bits per heavy atom. The first-order valence-corrected chi connectivity index (χ1v) is 12.7. The summed E-state index contributed by atoms with van der Waals surface area (Å²) in [7, 11) is 0. The predicted molar refractivity (Wildman–Crippen MR) is 132 cm³/mol. The van der Waals surface area contributed by atoms with Gasteiger partial charge in [0.2, 0.25) is 0 Å². The summed E-state index contributed by atoms with van der Waals surface area (Å²) in [6.45, 7) is 8.73. The molecule has 0 N–H and O–H groups in total. The van der Waals surface area contributed by atoms with Crippen molar-refractivity contribution in [2.45, 2.75) is 105 Å². The quantitative estimate of drug-likeness (QED) is 0.168. The first-order chi connectivity index (χ1) is 17.2.